The summed E-state index contributed by atoms with van der Waals surface area (Å²) in [5.74, 6) is 0.259. The van der Waals surface area contributed by atoms with Gasteiger partial charge >= 0.3 is 5.97 Å². The zero-order valence-corrected chi connectivity index (χ0v) is 15.8. The molecule has 146 valence electrons. The summed E-state index contributed by atoms with van der Waals surface area (Å²) in [5, 5.41) is 0. The van der Waals surface area contributed by atoms with Crippen molar-refractivity contribution in [3.05, 3.63) is 24.3 Å². The molecule has 2 heterocycles. The van der Waals surface area contributed by atoms with Crippen LogP contribution < -0.4 is 9.64 Å². The van der Waals surface area contributed by atoms with Gasteiger partial charge in [-0.3, -0.25) is 14.4 Å². The van der Waals surface area contributed by atoms with Crippen LogP contribution in [0.15, 0.2) is 24.3 Å². The SMILES string of the molecule is CC1CCCN(C(=O)COC(=O)CCN2C(=O)C(C)Oc3ccccc32)C1. The molecule has 0 bridgehead atoms. The zero-order chi connectivity index (χ0) is 19.4. The number of hydrogen-bond acceptors (Lipinski definition) is 5. The van der Waals surface area contributed by atoms with Crippen LogP contribution in [-0.2, 0) is 19.1 Å². The lowest BCUT2D eigenvalue weighted by Gasteiger charge is -2.32. The summed E-state index contributed by atoms with van der Waals surface area (Å²) >= 11 is 0. The van der Waals surface area contributed by atoms with Crippen LogP contribution in [0.25, 0.3) is 0 Å². The Bertz CT molecular complexity index is 720. The number of carbonyl (C=O) groups is 3. The highest BCUT2D eigenvalue weighted by atomic mass is 16.5. The first kappa shape index (κ1) is 19.2. The molecule has 0 aliphatic carbocycles. The molecule has 1 aromatic carbocycles. The van der Waals surface area contributed by atoms with Crippen molar-refractivity contribution in [3.8, 4) is 5.75 Å². The minimum atomic E-state index is -0.599. The number of carbonyl (C=O) groups excluding carboxylic acids is 3. The number of anilines is 1. The van der Waals surface area contributed by atoms with Crippen LogP contribution in [-0.4, -0.2) is 55.0 Å². The van der Waals surface area contributed by atoms with Gasteiger partial charge in [0.15, 0.2) is 12.7 Å². The molecule has 0 N–H and O–H groups in total. The van der Waals surface area contributed by atoms with Crippen LogP contribution >= 0.6 is 0 Å². The van der Waals surface area contributed by atoms with Gasteiger partial charge in [0.1, 0.15) is 5.75 Å². The van der Waals surface area contributed by atoms with Crippen molar-refractivity contribution in [1.29, 1.82) is 0 Å². The first-order valence-electron chi connectivity index (χ1n) is 9.46. The number of hydrogen-bond donors (Lipinski definition) is 0. The Balaban J connectivity index is 1.50. The van der Waals surface area contributed by atoms with E-state index < -0.39 is 12.1 Å². The van der Waals surface area contributed by atoms with E-state index in [0.717, 1.165) is 19.4 Å². The molecular weight excluding hydrogens is 348 g/mol. The fourth-order valence-corrected chi connectivity index (χ4v) is 3.51. The summed E-state index contributed by atoms with van der Waals surface area (Å²) in [6.07, 6.45) is 1.53. The van der Waals surface area contributed by atoms with Crippen molar-refractivity contribution in [2.45, 2.75) is 39.2 Å². The number of esters is 1. The topological polar surface area (TPSA) is 76.2 Å². The molecule has 2 amide bonds. The molecule has 2 unspecified atom stereocenters. The van der Waals surface area contributed by atoms with Gasteiger partial charge in [-0.1, -0.05) is 19.1 Å². The summed E-state index contributed by atoms with van der Waals surface area (Å²) in [6.45, 7) is 5.18. The highest BCUT2D eigenvalue weighted by molar-refractivity contribution is 6.00. The van der Waals surface area contributed by atoms with E-state index in [2.05, 4.69) is 6.92 Å². The summed E-state index contributed by atoms with van der Waals surface area (Å²) in [5.41, 5.74) is 0.645. The molecule has 2 atom stereocenters. The minimum absolute atomic E-state index is 0.0243. The zero-order valence-electron chi connectivity index (χ0n) is 15.8. The molecule has 27 heavy (non-hydrogen) atoms. The maximum Gasteiger partial charge on any atom is 0.308 e. The van der Waals surface area contributed by atoms with Crippen LogP contribution in [0.2, 0.25) is 0 Å². The van der Waals surface area contributed by atoms with Crippen LogP contribution in [0.5, 0.6) is 5.75 Å². The average molecular weight is 374 g/mol. The third-order valence-electron chi connectivity index (χ3n) is 4.98. The van der Waals surface area contributed by atoms with Gasteiger partial charge in [-0.25, -0.2) is 0 Å². The summed E-state index contributed by atoms with van der Waals surface area (Å²) in [6, 6.07) is 7.23. The van der Waals surface area contributed by atoms with E-state index in [-0.39, 0.29) is 31.4 Å². The summed E-state index contributed by atoms with van der Waals surface area (Å²) in [4.78, 5) is 39.9. The first-order chi connectivity index (χ1) is 13.0. The predicted octanol–water partition coefficient (Wildman–Crippen LogP) is 1.99. The van der Waals surface area contributed by atoms with Gasteiger partial charge in [-0.15, -0.1) is 0 Å². The third kappa shape index (κ3) is 4.59. The van der Waals surface area contributed by atoms with E-state index in [4.69, 9.17) is 9.47 Å². The molecule has 0 aromatic heterocycles. The maximum atomic E-state index is 12.4. The van der Waals surface area contributed by atoms with E-state index in [1.807, 2.05) is 12.1 Å². The van der Waals surface area contributed by atoms with E-state index in [1.54, 1.807) is 28.9 Å². The largest absolute Gasteiger partial charge is 0.479 e. The molecule has 7 heteroatoms. The van der Waals surface area contributed by atoms with Crippen LogP contribution in [0.3, 0.4) is 0 Å². The normalized spacial score (nSPS) is 22.1. The summed E-state index contributed by atoms with van der Waals surface area (Å²) < 4.78 is 10.7. The lowest BCUT2D eigenvalue weighted by Crippen LogP contribution is -2.45. The van der Waals surface area contributed by atoms with Crippen molar-refractivity contribution < 1.29 is 23.9 Å². The van der Waals surface area contributed by atoms with Crippen LogP contribution in [0, 0.1) is 5.92 Å². The summed E-state index contributed by atoms with van der Waals surface area (Å²) in [7, 11) is 0. The van der Waals surface area contributed by atoms with Gasteiger partial charge in [0.2, 0.25) is 0 Å². The molecule has 1 fully saturated rings. The molecule has 0 spiro atoms. The average Bonchev–Trinajstić information content (AvgIpc) is 2.66. The molecule has 1 saturated heterocycles. The number of fused-ring (bicyclic) bond motifs is 1. The number of amides is 2. The lowest BCUT2D eigenvalue weighted by molar-refractivity contribution is -0.152. The van der Waals surface area contributed by atoms with Crippen molar-refractivity contribution in [3.63, 3.8) is 0 Å². The Morgan fingerprint density at radius 2 is 2.04 bits per heavy atom. The number of piperidine rings is 1. The molecule has 0 radical (unpaired) electrons. The second-order valence-corrected chi connectivity index (χ2v) is 7.22. The van der Waals surface area contributed by atoms with Gasteiger partial charge < -0.3 is 19.3 Å². The Labute approximate surface area is 159 Å². The second-order valence-electron chi connectivity index (χ2n) is 7.22. The smallest absolute Gasteiger partial charge is 0.308 e. The molecular formula is C20H26N2O5. The van der Waals surface area contributed by atoms with Gasteiger partial charge in [0, 0.05) is 19.6 Å². The van der Waals surface area contributed by atoms with Gasteiger partial charge in [0.05, 0.1) is 12.1 Å². The third-order valence-corrected chi connectivity index (χ3v) is 4.98. The van der Waals surface area contributed by atoms with E-state index in [0.29, 0.717) is 23.9 Å². The van der Waals surface area contributed by atoms with Crippen LogP contribution in [0.1, 0.15) is 33.1 Å². The number of rotatable bonds is 5. The molecule has 0 saturated carbocycles. The molecule has 2 aliphatic rings. The van der Waals surface area contributed by atoms with Crippen molar-refractivity contribution in [2.24, 2.45) is 5.92 Å². The number of para-hydroxylation sites is 2. The van der Waals surface area contributed by atoms with E-state index in [1.165, 1.54) is 0 Å². The predicted molar refractivity (Wildman–Crippen MR) is 99.4 cm³/mol. The number of ether oxygens (including phenoxy) is 2. The van der Waals surface area contributed by atoms with E-state index >= 15 is 0 Å². The fourth-order valence-electron chi connectivity index (χ4n) is 3.51. The fraction of sp³-hybridized carbons (Fsp3) is 0.550. The Morgan fingerprint density at radius 1 is 1.26 bits per heavy atom. The molecule has 7 nitrogen and oxygen atoms in total. The van der Waals surface area contributed by atoms with Crippen LogP contribution in [0.4, 0.5) is 5.69 Å². The number of benzene rings is 1. The molecule has 2 aliphatic heterocycles. The van der Waals surface area contributed by atoms with Crippen molar-refractivity contribution in [1.82, 2.24) is 4.90 Å². The molecule has 1 aromatic rings. The molecule has 3 rings (SSSR count). The Hall–Kier alpha value is -2.57. The van der Waals surface area contributed by atoms with E-state index in [9.17, 15) is 14.4 Å². The standard InChI is InChI=1S/C20H26N2O5/c1-14-6-5-10-21(12-14)18(23)13-26-19(24)9-11-22-16-7-3-4-8-17(16)27-15(2)20(22)25/h3-4,7-8,14-15H,5-6,9-13H2,1-2H3. The minimum Gasteiger partial charge on any atom is -0.479 e. The quantitative estimate of drug-likeness (QED) is 0.737. The highest BCUT2D eigenvalue weighted by Crippen LogP contribution is 2.33. The van der Waals surface area contributed by atoms with Gasteiger partial charge in [-0.05, 0) is 37.8 Å². The lowest BCUT2D eigenvalue weighted by atomic mass is 10.0. The number of likely N-dealkylation sites (tertiary alicyclic amines) is 1. The Morgan fingerprint density at radius 3 is 2.81 bits per heavy atom. The number of nitrogens with zero attached hydrogens (tertiary/aromatic N) is 2. The Kier molecular flexibility index (Phi) is 5.98. The maximum absolute atomic E-state index is 12.4. The van der Waals surface area contributed by atoms with Gasteiger partial charge in [0.25, 0.3) is 11.8 Å². The second kappa shape index (κ2) is 8.41. The monoisotopic (exact) mass is 374 g/mol. The van der Waals surface area contributed by atoms with Gasteiger partial charge in [-0.2, -0.15) is 0 Å². The highest BCUT2D eigenvalue weighted by Gasteiger charge is 2.31. The van der Waals surface area contributed by atoms with Crippen molar-refractivity contribution in [2.75, 3.05) is 31.1 Å². The van der Waals surface area contributed by atoms with Crippen molar-refractivity contribution >= 4 is 23.5 Å². The first-order valence-corrected chi connectivity index (χ1v) is 9.46.